The molecule has 0 saturated heterocycles. The molecule has 0 aliphatic heterocycles. The highest BCUT2D eigenvalue weighted by Crippen LogP contribution is 2.24. The highest BCUT2D eigenvalue weighted by atomic mass is 35.5. The number of halogens is 1. The van der Waals surface area contributed by atoms with Crippen LogP contribution in [0.15, 0.2) is 30.6 Å². The number of imidazole rings is 1. The van der Waals surface area contributed by atoms with Crippen LogP contribution in [0.5, 0.6) is 0 Å². The number of nitrogen functional groups attached to an aromatic ring is 1. The summed E-state index contributed by atoms with van der Waals surface area (Å²) in [4.78, 5) is 18.0. The second-order valence-corrected chi connectivity index (χ2v) is 4.70. The van der Waals surface area contributed by atoms with Gasteiger partial charge in [0.2, 0.25) is 0 Å². The summed E-state index contributed by atoms with van der Waals surface area (Å²) < 4.78 is 1.87. The van der Waals surface area contributed by atoms with Gasteiger partial charge in [0.25, 0.3) is 5.91 Å². The second-order valence-electron chi connectivity index (χ2n) is 4.32. The van der Waals surface area contributed by atoms with Crippen molar-refractivity contribution >= 4 is 23.2 Å². The number of amides is 1. The smallest absolute Gasteiger partial charge is 0.255 e. The first-order valence-corrected chi connectivity index (χ1v) is 6.14. The summed E-state index contributed by atoms with van der Waals surface area (Å²) in [7, 11) is 3.59. The minimum atomic E-state index is -0.180. The Kier molecular flexibility index (Phi) is 3.76. The molecule has 0 atom stereocenters. The predicted octanol–water partition coefficient (Wildman–Crippen LogP) is 1.93. The lowest BCUT2D eigenvalue weighted by atomic mass is 10.2. The summed E-state index contributed by atoms with van der Waals surface area (Å²) in [6.07, 6.45) is 3.53. The molecule has 2 rings (SSSR count). The third-order valence-corrected chi connectivity index (χ3v) is 3.33. The van der Waals surface area contributed by atoms with Gasteiger partial charge in [0.15, 0.2) is 0 Å². The van der Waals surface area contributed by atoms with Gasteiger partial charge in [-0.05, 0) is 12.1 Å². The van der Waals surface area contributed by atoms with E-state index in [0.29, 0.717) is 22.8 Å². The number of aryl methyl sites for hydroxylation is 1. The lowest BCUT2D eigenvalue weighted by Gasteiger charge is -2.18. The zero-order valence-corrected chi connectivity index (χ0v) is 11.6. The zero-order valence-electron chi connectivity index (χ0n) is 10.8. The van der Waals surface area contributed by atoms with Crippen LogP contribution in [0.3, 0.4) is 0 Å². The van der Waals surface area contributed by atoms with Crippen LogP contribution in [0.1, 0.15) is 16.2 Å². The molecule has 0 aliphatic rings. The maximum absolute atomic E-state index is 12.3. The molecule has 6 heteroatoms. The van der Waals surface area contributed by atoms with Crippen LogP contribution in [0.2, 0.25) is 5.02 Å². The van der Waals surface area contributed by atoms with E-state index in [1.807, 2.05) is 17.8 Å². The van der Waals surface area contributed by atoms with Crippen LogP contribution in [0.4, 0.5) is 5.69 Å². The van der Waals surface area contributed by atoms with E-state index in [1.54, 1.807) is 36.3 Å². The summed E-state index contributed by atoms with van der Waals surface area (Å²) in [5.74, 6) is 0.621. The number of rotatable bonds is 3. The van der Waals surface area contributed by atoms with E-state index < -0.39 is 0 Å². The van der Waals surface area contributed by atoms with Crippen molar-refractivity contribution in [3.63, 3.8) is 0 Å². The van der Waals surface area contributed by atoms with Crippen molar-refractivity contribution in [3.05, 3.63) is 47.0 Å². The van der Waals surface area contributed by atoms with Gasteiger partial charge in [0.05, 0.1) is 22.8 Å². The molecule has 0 spiro atoms. The highest BCUT2D eigenvalue weighted by molar-refractivity contribution is 6.36. The van der Waals surface area contributed by atoms with E-state index in [2.05, 4.69) is 4.98 Å². The predicted molar refractivity (Wildman–Crippen MR) is 74.9 cm³/mol. The molecular weight excluding hydrogens is 264 g/mol. The molecule has 0 saturated carbocycles. The molecule has 2 N–H and O–H groups in total. The highest BCUT2D eigenvalue weighted by Gasteiger charge is 2.17. The van der Waals surface area contributed by atoms with Gasteiger partial charge in [-0.15, -0.1) is 0 Å². The Balaban J connectivity index is 2.20. The normalized spacial score (nSPS) is 10.5. The number of hydrogen-bond donors (Lipinski definition) is 1. The fourth-order valence-corrected chi connectivity index (χ4v) is 1.96. The van der Waals surface area contributed by atoms with Crippen molar-refractivity contribution in [1.82, 2.24) is 14.5 Å². The molecule has 100 valence electrons. The van der Waals surface area contributed by atoms with E-state index in [4.69, 9.17) is 17.3 Å². The number of aromatic nitrogens is 2. The molecule has 19 heavy (non-hydrogen) atoms. The number of nitrogens with two attached hydrogens (primary N) is 1. The Morgan fingerprint density at radius 3 is 2.89 bits per heavy atom. The standard InChI is InChI=1S/C13H15ClN4O/c1-17-7-6-16-11(17)8-18(2)13(19)9-4-3-5-10(15)12(9)14/h3-7H,8,15H2,1-2H3. The van der Waals surface area contributed by atoms with Crippen LogP contribution in [0.25, 0.3) is 0 Å². The third-order valence-electron chi connectivity index (χ3n) is 2.91. The van der Waals surface area contributed by atoms with Gasteiger partial charge < -0.3 is 15.2 Å². The molecule has 1 heterocycles. The first kappa shape index (κ1) is 13.4. The SMILES string of the molecule is CN(Cc1nccn1C)C(=O)c1cccc(N)c1Cl. The van der Waals surface area contributed by atoms with Crippen molar-refractivity contribution in [2.24, 2.45) is 7.05 Å². The largest absolute Gasteiger partial charge is 0.398 e. The number of hydrogen-bond acceptors (Lipinski definition) is 3. The van der Waals surface area contributed by atoms with Crippen molar-refractivity contribution in [1.29, 1.82) is 0 Å². The number of benzene rings is 1. The van der Waals surface area contributed by atoms with Gasteiger partial charge in [0, 0.05) is 26.5 Å². The molecule has 0 unspecified atom stereocenters. The molecule has 2 aromatic rings. The monoisotopic (exact) mass is 278 g/mol. The summed E-state index contributed by atoms with van der Waals surface area (Å²) in [5.41, 5.74) is 6.50. The lowest BCUT2D eigenvalue weighted by Crippen LogP contribution is -2.27. The van der Waals surface area contributed by atoms with E-state index in [1.165, 1.54) is 0 Å². The minimum Gasteiger partial charge on any atom is -0.398 e. The van der Waals surface area contributed by atoms with Gasteiger partial charge in [-0.25, -0.2) is 4.98 Å². The van der Waals surface area contributed by atoms with Crippen LogP contribution in [-0.2, 0) is 13.6 Å². The van der Waals surface area contributed by atoms with E-state index in [0.717, 1.165) is 5.82 Å². The molecule has 0 radical (unpaired) electrons. The van der Waals surface area contributed by atoms with Gasteiger partial charge in [-0.1, -0.05) is 17.7 Å². The molecule has 0 aliphatic carbocycles. The van der Waals surface area contributed by atoms with E-state index >= 15 is 0 Å². The second kappa shape index (κ2) is 5.32. The van der Waals surface area contributed by atoms with E-state index in [-0.39, 0.29) is 5.91 Å². The van der Waals surface area contributed by atoms with Crippen molar-refractivity contribution in [3.8, 4) is 0 Å². The Labute approximate surface area is 116 Å². The summed E-state index contributed by atoms with van der Waals surface area (Å²) >= 11 is 6.05. The van der Waals surface area contributed by atoms with Crippen LogP contribution >= 0.6 is 11.6 Å². The summed E-state index contributed by atoms with van der Waals surface area (Å²) in [5, 5.41) is 0.291. The van der Waals surface area contributed by atoms with Crippen LogP contribution in [-0.4, -0.2) is 27.4 Å². The Hall–Kier alpha value is -2.01. The van der Waals surface area contributed by atoms with Gasteiger partial charge >= 0.3 is 0 Å². The van der Waals surface area contributed by atoms with Crippen molar-refractivity contribution in [2.75, 3.05) is 12.8 Å². The number of anilines is 1. The van der Waals surface area contributed by atoms with Crippen LogP contribution in [0, 0.1) is 0 Å². The lowest BCUT2D eigenvalue weighted by molar-refractivity contribution is 0.0781. The molecule has 1 aromatic carbocycles. The molecular formula is C13H15ClN4O. The molecule has 1 amide bonds. The quantitative estimate of drug-likeness (QED) is 0.873. The summed E-state index contributed by atoms with van der Waals surface area (Å²) in [6.45, 7) is 0.410. The van der Waals surface area contributed by atoms with Gasteiger partial charge in [-0.3, -0.25) is 4.79 Å². The molecule has 1 aromatic heterocycles. The zero-order chi connectivity index (χ0) is 14.0. The molecule has 0 bridgehead atoms. The van der Waals surface area contributed by atoms with E-state index in [9.17, 15) is 4.79 Å². The number of nitrogens with zero attached hydrogens (tertiary/aromatic N) is 3. The average Bonchev–Trinajstić information content (AvgIpc) is 2.77. The first-order valence-electron chi connectivity index (χ1n) is 5.76. The Bertz CT molecular complexity index is 608. The third kappa shape index (κ3) is 2.71. The Morgan fingerprint density at radius 2 is 2.26 bits per heavy atom. The first-order chi connectivity index (χ1) is 9.00. The van der Waals surface area contributed by atoms with Crippen molar-refractivity contribution < 1.29 is 4.79 Å². The number of carbonyl (C=O) groups excluding carboxylic acids is 1. The maximum atomic E-state index is 12.3. The molecule has 5 nitrogen and oxygen atoms in total. The number of carbonyl (C=O) groups is 1. The molecule has 0 fully saturated rings. The Morgan fingerprint density at radius 1 is 1.53 bits per heavy atom. The minimum absolute atomic E-state index is 0.180. The maximum Gasteiger partial charge on any atom is 0.255 e. The average molecular weight is 279 g/mol. The fraction of sp³-hybridized carbons (Fsp3) is 0.231. The fourth-order valence-electron chi connectivity index (χ4n) is 1.75. The van der Waals surface area contributed by atoms with Crippen molar-refractivity contribution in [2.45, 2.75) is 6.54 Å². The van der Waals surface area contributed by atoms with Gasteiger partial charge in [-0.2, -0.15) is 0 Å². The van der Waals surface area contributed by atoms with Gasteiger partial charge in [0.1, 0.15) is 5.82 Å². The van der Waals surface area contributed by atoms with Crippen LogP contribution < -0.4 is 5.73 Å². The summed E-state index contributed by atoms with van der Waals surface area (Å²) in [6, 6.07) is 5.04. The topological polar surface area (TPSA) is 64.2 Å².